The Bertz CT molecular complexity index is 107. The molecule has 0 aromatic rings. The van der Waals surface area contributed by atoms with E-state index in [1.54, 1.807) is 0 Å². The van der Waals surface area contributed by atoms with Gasteiger partial charge in [-0.25, -0.2) is 0 Å². The lowest BCUT2D eigenvalue weighted by molar-refractivity contribution is 0.299. The SMILES string of the molecule is C=C(CC)C(C)N(C)CC. The summed E-state index contributed by atoms with van der Waals surface area (Å²) in [6, 6.07) is 0.537. The van der Waals surface area contributed by atoms with E-state index < -0.39 is 0 Å². The van der Waals surface area contributed by atoms with Gasteiger partial charge >= 0.3 is 0 Å². The van der Waals surface area contributed by atoms with Crippen LogP contribution in [0.3, 0.4) is 0 Å². The van der Waals surface area contributed by atoms with Gasteiger partial charge in [-0.05, 0) is 26.9 Å². The van der Waals surface area contributed by atoms with Gasteiger partial charge in [0.25, 0.3) is 0 Å². The van der Waals surface area contributed by atoms with Crippen molar-refractivity contribution in [2.75, 3.05) is 13.6 Å². The minimum absolute atomic E-state index is 0.537. The molecule has 0 aromatic carbocycles. The Morgan fingerprint density at radius 2 is 2.00 bits per heavy atom. The Balaban J connectivity index is 3.81. The van der Waals surface area contributed by atoms with E-state index in [0.29, 0.717) is 6.04 Å². The molecule has 0 fully saturated rings. The standard InChI is InChI=1S/C9H19N/c1-6-8(3)9(4)10(5)7-2/h9H,3,6-7H2,1-2,4-5H3. The lowest BCUT2D eigenvalue weighted by Crippen LogP contribution is -2.29. The van der Waals surface area contributed by atoms with Crippen molar-refractivity contribution in [1.29, 1.82) is 0 Å². The first kappa shape index (κ1) is 9.70. The maximum Gasteiger partial charge on any atom is 0.0273 e. The first-order valence-corrected chi connectivity index (χ1v) is 4.01. The monoisotopic (exact) mass is 141 g/mol. The molecule has 0 saturated carbocycles. The topological polar surface area (TPSA) is 3.24 Å². The molecule has 0 aliphatic rings. The highest BCUT2D eigenvalue weighted by Gasteiger charge is 2.07. The minimum atomic E-state index is 0.537. The van der Waals surface area contributed by atoms with E-state index in [9.17, 15) is 0 Å². The zero-order valence-corrected chi connectivity index (χ0v) is 7.65. The van der Waals surface area contributed by atoms with Crippen LogP contribution in [0.15, 0.2) is 12.2 Å². The molecular formula is C9H19N. The second kappa shape index (κ2) is 4.51. The molecule has 1 unspecified atom stereocenters. The number of likely N-dealkylation sites (N-methyl/N-ethyl adjacent to an activating group) is 1. The Hall–Kier alpha value is -0.300. The summed E-state index contributed by atoms with van der Waals surface area (Å²) in [6.45, 7) is 11.6. The molecule has 10 heavy (non-hydrogen) atoms. The first-order valence-electron chi connectivity index (χ1n) is 4.01. The fourth-order valence-electron chi connectivity index (χ4n) is 0.881. The van der Waals surface area contributed by atoms with Crippen molar-refractivity contribution in [2.24, 2.45) is 0 Å². The lowest BCUT2D eigenvalue weighted by Gasteiger charge is -2.24. The van der Waals surface area contributed by atoms with Crippen molar-refractivity contribution in [3.05, 3.63) is 12.2 Å². The van der Waals surface area contributed by atoms with Crippen LogP contribution >= 0.6 is 0 Å². The fraction of sp³-hybridized carbons (Fsp3) is 0.778. The van der Waals surface area contributed by atoms with Crippen LogP contribution < -0.4 is 0 Å². The van der Waals surface area contributed by atoms with E-state index in [-0.39, 0.29) is 0 Å². The summed E-state index contributed by atoms with van der Waals surface area (Å²) < 4.78 is 0. The van der Waals surface area contributed by atoms with Gasteiger partial charge in [0.2, 0.25) is 0 Å². The van der Waals surface area contributed by atoms with Crippen LogP contribution in [0.5, 0.6) is 0 Å². The molecule has 0 N–H and O–H groups in total. The quantitative estimate of drug-likeness (QED) is 0.543. The number of hydrogen-bond donors (Lipinski definition) is 0. The Morgan fingerprint density at radius 1 is 1.50 bits per heavy atom. The molecule has 0 radical (unpaired) electrons. The van der Waals surface area contributed by atoms with Crippen molar-refractivity contribution in [1.82, 2.24) is 4.90 Å². The van der Waals surface area contributed by atoms with E-state index >= 15 is 0 Å². The smallest absolute Gasteiger partial charge is 0.0273 e. The third-order valence-corrected chi connectivity index (χ3v) is 2.20. The average molecular weight is 141 g/mol. The maximum absolute atomic E-state index is 4.00. The number of hydrogen-bond acceptors (Lipinski definition) is 1. The molecule has 0 heterocycles. The van der Waals surface area contributed by atoms with E-state index in [1.165, 1.54) is 5.57 Å². The maximum atomic E-state index is 4.00. The minimum Gasteiger partial charge on any atom is -0.300 e. The van der Waals surface area contributed by atoms with Crippen molar-refractivity contribution in [3.8, 4) is 0 Å². The fourth-order valence-corrected chi connectivity index (χ4v) is 0.881. The van der Waals surface area contributed by atoms with Gasteiger partial charge in [0.05, 0.1) is 0 Å². The second-order valence-electron chi connectivity index (χ2n) is 2.76. The van der Waals surface area contributed by atoms with Gasteiger partial charge in [-0.1, -0.05) is 26.0 Å². The van der Waals surface area contributed by atoms with Gasteiger partial charge < -0.3 is 4.90 Å². The Labute approximate surface area is 64.7 Å². The van der Waals surface area contributed by atoms with Gasteiger partial charge in [0.15, 0.2) is 0 Å². The normalized spacial score (nSPS) is 13.7. The van der Waals surface area contributed by atoms with Crippen molar-refractivity contribution >= 4 is 0 Å². The Morgan fingerprint density at radius 3 is 2.30 bits per heavy atom. The van der Waals surface area contributed by atoms with E-state index in [0.717, 1.165) is 13.0 Å². The highest BCUT2D eigenvalue weighted by Crippen LogP contribution is 2.08. The molecule has 1 nitrogen and oxygen atoms in total. The van der Waals surface area contributed by atoms with Crippen LogP contribution in [0.4, 0.5) is 0 Å². The summed E-state index contributed by atoms with van der Waals surface area (Å²) in [5, 5.41) is 0. The highest BCUT2D eigenvalue weighted by atomic mass is 15.1. The van der Waals surface area contributed by atoms with E-state index in [2.05, 4.69) is 39.3 Å². The van der Waals surface area contributed by atoms with Crippen LogP contribution in [0, 0.1) is 0 Å². The molecule has 0 saturated heterocycles. The third kappa shape index (κ3) is 2.53. The van der Waals surface area contributed by atoms with Gasteiger partial charge in [0, 0.05) is 6.04 Å². The first-order chi connectivity index (χ1) is 4.63. The molecule has 0 aliphatic heterocycles. The summed E-state index contributed by atoms with van der Waals surface area (Å²) in [4.78, 5) is 2.30. The molecule has 1 heteroatoms. The Kier molecular flexibility index (Phi) is 4.37. The number of nitrogens with zero attached hydrogens (tertiary/aromatic N) is 1. The van der Waals surface area contributed by atoms with Crippen LogP contribution in [-0.4, -0.2) is 24.5 Å². The molecule has 0 aromatic heterocycles. The van der Waals surface area contributed by atoms with Crippen LogP contribution in [0.2, 0.25) is 0 Å². The average Bonchev–Trinajstić information content (AvgIpc) is 2.00. The predicted molar refractivity (Wildman–Crippen MR) is 47.2 cm³/mol. The van der Waals surface area contributed by atoms with Crippen LogP contribution in [0.1, 0.15) is 27.2 Å². The molecule has 0 amide bonds. The van der Waals surface area contributed by atoms with E-state index in [4.69, 9.17) is 0 Å². The highest BCUT2D eigenvalue weighted by molar-refractivity contribution is 5.02. The molecule has 60 valence electrons. The van der Waals surface area contributed by atoms with Gasteiger partial charge in [-0.3, -0.25) is 0 Å². The van der Waals surface area contributed by atoms with E-state index in [1.807, 2.05) is 0 Å². The molecule has 0 rings (SSSR count). The summed E-state index contributed by atoms with van der Waals surface area (Å²) >= 11 is 0. The lowest BCUT2D eigenvalue weighted by atomic mass is 10.1. The van der Waals surface area contributed by atoms with Crippen molar-refractivity contribution in [2.45, 2.75) is 33.2 Å². The summed E-state index contributed by atoms with van der Waals surface area (Å²) in [5.41, 5.74) is 1.32. The zero-order valence-electron chi connectivity index (χ0n) is 7.65. The molecule has 1 atom stereocenters. The third-order valence-electron chi connectivity index (χ3n) is 2.20. The summed E-state index contributed by atoms with van der Waals surface area (Å²) in [6.07, 6.45) is 1.09. The zero-order chi connectivity index (χ0) is 8.15. The molecule has 0 spiro atoms. The van der Waals surface area contributed by atoms with Gasteiger partial charge in [0.1, 0.15) is 0 Å². The summed E-state index contributed by atoms with van der Waals surface area (Å²) in [5.74, 6) is 0. The summed E-state index contributed by atoms with van der Waals surface area (Å²) in [7, 11) is 2.13. The van der Waals surface area contributed by atoms with Crippen LogP contribution in [-0.2, 0) is 0 Å². The molecule has 0 bridgehead atoms. The van der Waals surface area contributed by atoms with Crippen molar-refractivity contribution in [3.63, 3.8) is 0 Å². The number of rotatable bonds is 4. The molecule has 0 aliphatic carbocycles. The van der Waals surface area contributed by atoms with Gasteiger partial charge in [-0.2, -0.15) is 0 Å². The predicted octanol–water partition coefficient (Wildman–Crippen LogP) is 2.29. The largest absolute Gasteiger partial charge is 0.300 e. The van der Waals surface area contributed by atoms with Crippen molar-refractivity contribution < 1.29 is 0 Å². The second-order valence-corrected chi connectivity index (χ2v) is 2.76. The van der Waals surface area contributed by atoms with Gasteiger partial charge in [-0.15, -0.1) is 0 Å². The molecular weight excluding hydrogens is 122 g/mol. The van der Waals surface area contributed by atoms with Crippen LogP contribution in [0.25, 0.3) is 0 Å².